The summed E-state index contributed by atoms with van der Waals surface area (Å²) in [4.78, 5) is 12.1. The highest BCUT2D eigenvalue weighted by Crippen LogP contribution is 2.24. The van der Waals surface area contributed by atoms with E-state index in [1.165, 1.54) is 0 Å². The van der Waals surface area contributed by atoms with Crippen LogP contribution in [0.4, 0.5) is 0 Å². The number of rotatable bonds is 5. The summed E-state index contributed by atoms with van der Waals surface area (Å²) in [5.41, 5.74) is 0. The van der Waals surface area contributed by atoms with Crippen LogP contribution in [-0.2, 0) is 9.53 Å². The van der Waals surface area contributed by atoms with Crippen LogP contribution in [0.3, 0.4) is 0 Å². The molecule has 0 aromatic carbocycles. The number of nitrogens with one attached hydrogen (secondary N) is 2. The van der Waals surface area contributed by atoms with Gasteiger partial charge in [-0.25, -0.2) is 0 Å². The van der Waals surface area contributed by atoms with E-state index in [0.29, 0.717) is 6.04 Å². The molecule has 1 aliphatic heterocycles. The Labute approximate surface area is 116 Å². The summed E-state index contributed by atoms with van der Waals surface area (Å²) in [6.07, 6.45) is 7.76. The molecule has 0 aromatic rings. The molecule has 1 aliphatic carbocycles. The van der Waals surface area contributed by atoms with Crippen molar-refractivity contribution in [3.63, 3.8) is 0 Å². The molecule has 0 spiro atoms. The Morgan fingerprint density at radius 1 is 1.11 bits per heavy atom. The summed E-state index contributed by atoms with van der Waals surface area (Å²) >= 11 is 0. The number of hydrogen-bond acceptors (Lipinski definition) is 3. The van der Waals surface area contributed by atoms with Crippen LogP contribution in [0.25, 0.3) is 0 Å². The van der Waals surface area contributed by atoms with Crippen molar-refractivity contribution in [2.45, 2.75) is 51.0 Å². The van der Waals surface area contributed by atoms with E-state index >= 15 is 0 Å². The van der Waals surface area contributed by atoms with E-state index in [0.717, 1.165) is 70.6 Å². The summed E-state index contributed by atoms with van der Waals surface area (Å²) in [5, 5.41) is 6.44. The predicted octanol–water partition coefficient (Wildman–Crippen LogP) is 1.70. The van der Waals surface area contributed by atoms with Crippen LogP contribution < -0.4 is 10.6 Å². The lowest BCUT2D eigenvalue weighted by molar-refractivity contribution is -0.126. The van der Waals surface area contributed by atoms with Crippen LogP contribution in [0.5, 0.6) is 0 Å². The van der Waals surface area contributed by atoms with E-state index in [4.69, 9.17) is 4.74 Å². The Morgan fingerprint density at radius 3 is 2.42 bits per heavy atom. The number of hydrogen-bond donors (Lipinski definition) is 2. The molecule has 110 valence electrons. The molecule has 1 heterocycles. The minimum Gasteiger partial charge on any atom is -0.381 e. The van der Waals surface area contributed by atoms with Crippen LogP contribution in [0, 0.1) is 11.8 Å². The Bertz CT molecular complexity index is 269. The van der Waals surface area contributed by atoms with E-state index in [1.54, 1.807) is 0 Å². The van der Waals surface area contributed by atoms with Gasteiger partial charge in [0.15, 0.2) is 0 Å². The highest BCUT2D eigenvalue weighted by molar-refractivity contribution is 5.78. The third kappa shape index (κ3) is 4.77. The molecule has 0 aromatic heterocycles. The fraction of sp³-hybridized carbons (Fsp3) is 0.933. The van der Waals surface area contributed by atoms with Crippen LogP contribution in [-0.4, -0.2) is 38.8 Å². The molecule has 2 N–H and O–H groups in total. The number of ether oxygens (including phenoxy) is 1. The van der Waals surface area contributed by atoms with Crippen molar-refractivity contribution < 1.29 is 9.53 Å². The fourth-order valence-corrected chi connectivity index (χ4v) is 3.22. The van der Waals surface area contributed by atoms with Crippen molar-refractivity contribution in [1.82, 2.24) is 10.6 Å². The van der Waals surface area contributed by atoms with Gasteiger partial charge >= 0.3 is 0 Å². The Kier molecular flexibility index (Phi) is 6.11. The van der Waals surface area contributed by atoms with Gasteiger partial charge in [-0.15, -0.1) is 0 Å². The van der Waals surface area contributed by atoms with E-state index in [2.05, 4.69) is 10.6 Å². The second-order valence-corrected chi connectivity index (χ2v) is 5.97. The lowest BCUT2D eigenvalue weighted by Gasteiger charge is -2.28. The van der Waals surface area contributed by atoms with Crippen molar-refractivity contribution in [2.75, 3.05) is 26.8 Å². The molecule has 4 heteroatoms. The highest BCUT2D eigenvalue weighted by Gasteiger charge is 2.25. The molecule has 1 saturated heterocycles. The third-order valence-electron chi connectivity index (χ3n) is 4.70. The molecule has 0 unspecified atom stereocenters. The smallest absolute Gasteiger partial charge is 0.223 e. The molecule has 4 nitrogen and oxygen atoms in total. The van der Waals surface area contributed by atoms with Crippen LogP contribution in [0.15, 0.2) is 0 Å². The van der Waals surface area contributed by atoms with Gasteiger partial charge in [-0.1, -0.05) is 0 Å². The third-order valence-corrected chi connectivity index (χ3v) is 4.70. The Morgan fingerprint density at radius 2 is 1.79 bits per heavy atom. The molecular weight excluding hydrogens is 240 g/mol. The maximum absolute atomic E-state index is 12.1. The lowest BCUT2D eigenvalue weighted by Crippen LogP contribution is -2.38. The van der Waals surface area contributed by atoms with Crippen LogP contribution in [0.2, 0.25) is 0 Å². The average Bonchev–Trinajstić information content (AvgIpc) is 2.48. The molecule has 2 fully saturated rings. The largest absolute Gasteiger partial charge is 0.381 e. The zero-order chi connectivity index (χ0) is 13.5. The number of carbonyl (C=O) groups excluding carboxylic acids is 1. The molecule has 0 radical (unpaired) electrons. The Hall–Kier alpha value is -0.610. The Balaban J connectivity index is 1.59. The van der Waals surface area contributed by atoms with Crippen molar-refractivity contribution in [2.24, 2.45) is 11.8 Å². The highest BCUT2D eigenvalue weighted by atomic mass is 16.5. The number of amides is 1. The molecule has 1 saturated carbocycles. The van der Waals surface area contributed by atoms with Crippen molar-refractivity contribution >= 4 is 5.91 Å². The van der Waals surface area contributed by atoms with E-state index in [1.807, 2.05) is 7.05 Å². The summed E-state index contributed by atoms with van der Waals surface area (Å²) in [6.45, 7) is 2.63. The van der Waals surface area contributed by atoms with Crippen LogP contribution >= 0.6 is 0 Å². The second kappa shape index (κ2) is 7.85. The zero-order valence-corrected chi connectivity index (χ0v) is 12.1. The van der Waals surface area contributed by atoms with E-state index in [-0.39, 0.29) is 11.8 Å². The monoisotopic (exact) mass is 268 g/mol. The second-order valence-electron chi connectivity index (χ2n) is 5.97. The fourth-order valence-electron chi connectivity index (χ4n) is 3.22. The molecule has 2 rings (SSSR count). The van der Waals surface area contributed by atoms with Crippen molar-refractivity contribution in [1.29, 1.82) is 0 Å². The van der Waals surface area contributed by atoms with Gasteiger partial charge in [0.1, 0.15) is 0 Å². The zero-order valence-electron chi connectivity index (χ0n) is 12.1. The van der Waals surface area contributed by atoms with E-state index < -0.39 is 0 Å². The molecule has 19 heavy (non-hydrogen) atoms. The first-order valence-corrected chi connectivity index (χ1v) is 7.82. The average molecular weight is 268 g/mol. The van der Waals surface area contributed by atoms with Gasteiger partial charge in [-0.05, 0) is 57.9 Å². The van der Waals surface area contributed by atoms with Crippen LogP contribution in [0.1, 0.15) is 44.9 Å². The van der Waals surface area contributed by atoms with E-state index in [9.17, 15) is 4.79 Å². The van der Waals surface area contributed by atoms with Crippen molar-refractivity contribution in [3.05, 3.63) is 0 Å². The maximum atomic E-state index is 12.1. The van der Waals surface area contributed by atoms with Gasteiger partial charge < -0.3 is 15.4 Å². The first-order chi connectivity index (χ1) is 9.29. The molecule has 2 aliphatic rings. The SMILES string of the molecule is CNC1CCC(C(=O)NCCC2CCOCC2)CC1. The summed E-state index contributed by atoms with van der Waals surface area (Å²) in [7, 11) is 2.01. The first kappa shape index (κ1) is 14.8. The van der Waals surface area contributed by atoms with Gasteiger partial charge in [-0.2, -0.15) is 0 Å². The van der Waals surface area contributed by atoms with Gasteiger partial charge in [0, 0.05) is 31.7 Å². The standard InChI is InChI=1S/C15H28N2O2/c1-16-14-4-2-13(3-5-14)15(18)17-9-6-12-7-10-19-11-8-12/h12-14,16H,2-11H2,1H3,(H,17,18). The normalized spacial score (nSPS) is 29.1. The first-order valence-electron chi connectivity index (χ1n) is 7.82. The lowest BCUT2D eigenvalue weighted by atomic mass is 9.85. The summed E-state index contributed by atoms with van der Waals surface area (Å²) in [5.74, 6) is 1.27. The predicted molar refractivity (Wildman–Crippen MR) is 76.0 cm³/mol. The summed E-state index contributed by atoms with van der Waals surface area (Å²) < 4.78 is 5.35. The molecular formula is C15H28N2O2. The van der Waals surface area contributed by atoms with Gasteiger partial charge in [-0.3, -0.25) is 4.79 Å². The van der Waals surface area contributed by atoms with Gasteiger partial charge in [0.05, 0.1) is 0 Å². The molecule has 0 atom stereocenters. The van der Waals surface area contributed by atoms with Gasteiger partial charge in [0.25, 0.3) is 0 Å². The minimum absolute atomic E-state index is 0.249. The number of carbonyl (C=O) groups is 1. The van der Waals surface area contributed by atoms with Crippen molar-refractivity contribution in [3.8, 4) is 0 Å². The molecule has 1 amide bonds. The van der Waals surface area contributed by atoms with Gasteiger partial charge in [0.2, 0.25) is 5.91 Å². The molecule has 0 bridgehead atoms. The quantitative estimate of drug-likeness (QED) is 0.798. The topological polar surface area (TPSA) is 50.4 Å². The minimum atomic E-state index is 0.249. The maximum Gasteiger partial charge on any atom is 0.223 e. The summed E-state index contributed by atoms with van der Waals surface area (Å²) in [6, 6.07) is 0.617.